The van der Waals surface area contributed by atoms with Crippen LogP contribution in [-0.2, 0) is 28.6 Å². The topological polar surface area (TPSA) is 148 Å². The molecule has 5 aliphatic heterocycles. The highest BCUT2D eigenvalue weighted by molar-refractivity contribution is 6.21. The van der Waals surface area contributed by atoms with Crippen LogP contribution in [0.5, 0.6) is 0 Å². The van der Waals surface area contributed by atoms with Crippen LogP contribution in [0.3, 0.4) is 0 Å². The molecule has 2 N–H and O–H groups in total. The number of esters is 3. The van der Waals surface area contributed by atoms with Gasteiger partial charge in [0.25, 0.3) is 0 Å². The lowest BCUT2D eigenvalue weighted by Crippen LogP contribution is -2.39. The minimum Gasteiger partial charge on any atom is -0.511 e. The monoisotopic (exact) mass is 718 g/mol. The van der Waals surface area contributed by atoms with Crippen molar-refractivity contribution in [1.82, 2.24) is 5.32 Å². The molecule has 11 heteroatoms. The molecule has 7 rings (SSSR count). The molecule has 0 amide bonds. The molecule has 3 unspecified atom stereocenters. The maximum atomic E-state index is 13.5. The third-order valence-electron chi connectivity index (χ3n) is 11.9. The number of methoxy groups -OCH3 is 3. The molecule has 5 heterocycles. The third-order valence-corrected chi connectivity index (χ3v) is 11.9. The molecule has 1 saturated heterocycles. The van der Waals surface area contributed by atoms with Crippen LogP contribution in [0, 0.1) is 29.6 Å². The zero-order chi connectivity index (χ0) is 37.9. The predicted molar refractivity (Wildman–Crippen MR) is 202 cm³/mol. The summed E-state index contributed by atoms with van der Waals surface area (Å²) >= 11 is 0. The van der Waals surface area contributed by atoms with E-state index in [1.165, 1.54) is 21.3 Å². The molecule has 0 radical (unpaired) electrons. The van der Waals surface area contributed by atoms with Crippen LogP contribution in [0.25, 0.3) is 0 Å². The lowest BCUT2D eigenvalue weighted by molar-refractivity contribution is -0.159. The van der Waals surface area contributed by atoms with Crippen molar-refractivity contribution in [2.45, 2.75) is 66.7 Å². The second-order valence-electron chi connectivity index (χ2n) is 14.5. The van der Waals surface area contributed by atoms with Gasteiger partial charge in [0, 0.05) is 53.1 Å². The van der Waals surface area contributed by atoms with Crippen LogP contribution < -0.4 is 5.32 Å². The number of nitrogens with zero attached hydrogens (tertiary/aromatic N) is 3. The molecular weight excluding hydrogens is 672 g/mol. The molecule has 0 aromatic heterocycles. The Morgan fingerprint density at radius 2 is 1.62 bits per heavy atom. The number of aliphatic hydroxyl groups excluding tert-OH is 1. The fourth-order valence-electron chi connectivity index (χ4n) is 8.93. The van der Waals surface area contributed by atoms with E-state index in [2.05, 4.69) is 26.1 Å². The summed E-state index contributed by atoms with van der Waals surface area (Å²) in [6, 6.07) is 0. The van der Waals surface area contributed by atoms with E-state index in [4.69, 9.17) is 29.2 Å². The van der Waals surface area contributed by atoms with Gasteiger partial charge in [-0.25, -0.2) is 15.0 Å². The summed E-state index contributed by atoms with van der Waals surface area (Å²) in [6.45, 7) is 10.3. The number of carbonyl (C=O) groups is 3. The molecule has 0 aromatic rings. The van der Waals surface area contributed by atoms with Gasteiger partial charge in [0.05, 0.1) is 67.4 Å². The molecule has 5 atom stereocenters. The highest BCUT2D eigenvalue weighted by Crippen LogP contribution is 2.48. The number of allylic oxidation sites excluding steroid dienone is 14. The summed E-state index contributed by atoms with van der Waals surface area (Å²) < 4.78 is 15.5. The van der Waals surface area contributed by atoms with Gasteiger partial charge in [-0.15, -0.1) is 0 Å². The molecule has 53 heavy (non-hydrogen) atoms. The first-order chi connectivity index (χ1) is 25.4. The number of hydrogen-bond acceptors (Lipinski definition) is 11. The Balaban J connectivity index is 1.46. The van der Waals surface area contributed by atoms with Gasteiger partial charge in [-0.1, -0.05) is 26.0 Å². The van der Waals surface area contributed by atoms with Crippen LogP contribution in [0.1, 0.15) is 66.7 Å². The van der Waals surface area contributed by atoms with E-state index >= 15 is 0 Å². The number of hydrogen-bond donors (Lipinski definition) is 2. The summed E-state index contributed by atoms with van der Waals surface area (Å²) in [6.07, 6.45) is 12.1. The van der Waals surface area contributed by atoms with Crippen LogP contribution in [-0.4, -0.2) is 61.5 Å². The second-order valence-corrected chi connectivity index (χ2v) is 14.5. The van der Waals surface area contributed by atoms with E-state index in [1.54, 1.807) is 0 Å². The van der Waals surface area contributed by atoms with E-state index in [0.29, 0.717) is 30.7 Å². The Labute approximate surface area is 309 Å². The number of rotatable bonds is 7. The molecule has 0 saturated carbocycles. The Bertz CT molecular complexity index is 2130. The van der Waals surface area contributed by atoms with Gasteiger partial charge in [0.2, 0.25) is 0 Å². The van der Waals surface area contributed by atoms with Crippen molar-refractivity contribution in [3.8, 4) is 0 Å². The van der Waals surface area contributed by atoms with Gasteiger partial charge in [0.1, 0.15) is 5.76 Å². The maximum Gasteiger partial charge on any atom is 0.310 e. The van der Waals surface area contributed by atoms with Crippen LogP contribution in [0.2, 0.25) is 0 Å². The zero-order valence-electron chi connectivity index (χ0n) is 31.5. The lowest BCUT2D eigenvalue weighted by atomic mass is 9.71. The lowest BCUT2D eigenvalue weighted by Gasteiger charge is -2.32. The summed E-state index contributed by atoms with van der Waals surface area (Å²) in [5, 5.41) is 15.1. The minimum atomic E-state index is -0.825. The van der Waals surface area contributed by atoms with E-state index < -0.39 is 29.7 Å². The van der Waals surface area contributed by atoms with Crippen molar-refractivity contribution in [3.63, 3.8) is 0 Å². The van der Waals surface area contributed by atoms with E-state index in [-0.39, 0.29) is 30.0 Å². The number of fused-ring (bicyclic) bond motifs is 5. The summed E-state index contributed by atoms with van der Waals surface area (Å²) in [7, 11) is 4.07. The van der Waals surface area contributed by atoms with Gasteiger partial charge < -0.3 is 24.6 Å². The number of aliphatic imine (C=N–C) groups is 3. The molecule has 0 aromatic carbocycles. The van der Waals surface area contributed by atoms with Crippen LogP contribution in [0.15, 0.2) is 119 Å². The smallest absolute Gasteiger partial charge is 0.310 e. The van der Waals surface area contributed by atoms with Crippen molar-refractivity contribution in [3.05, 3.63) is 104 Å². The second kappa shape index (κ2) is 13.9. The van der Waals surface area contributed by atoms with Gasteiger partial charge in [-0.2, -0.15) is 0 Å². The molecule has 8 bridgehead atoms. The average Bonchev–Trinajstić information content (AvgIpc) is 3.91. The van der Waals surface area contributed by atoms with E-state index in [9.17, 15) is 19.5 Å². The fraction of sp³-hybridized carbons (Fsp3) is 0.429. The third kappa shape index (κ3) is 5.90. The van der Waals surface area contributed by atoms with Crippen molar-refractivity contribution in [2.24, 2.45) is 44.6 Å². The first kappa shape index (κ1) is 36.1. The number of nitrogens with one attached hydrogen (secondary N) is 1. The van der Waals surface area contributed by atoms with Gasteiger partial charge in [0.15, 0.2) is 0 Å². The highest BCUT2D eigenvalue weighted by Gasteiger charge is 2.46. The van der Waals surface area contributed by atoms with Gasteiger partial charge >= 0.3 is 17.9 Å². The molecule has 7 aliphatic rings. The van der Waals surface area contributed by atoms with Crippen molar-refractivity contribution < 1.29 is 33.7 Å². The first-order valence-electron chi connectivity index (χ1n) is 18.3. The Morgan fingerprint density at radius 1 is 0.906 bits per heavy atom. The van der Waals surface area contributed by atoms with E-state index in [1.807, 2.05) is 44.2 Å². The molecular formula is C42H46N4O7. The van der Waals surface area contributed by atoms with E-state index in [0.717, 1.165) is 79.6 Å². The first-order valence-corrected chi connectivity index (χ1v) is 18.3. The molecule has 11 nitrogen and oxygen atoms in total. The Hall–Kier alpha value is -5.32. The van der Waals surface area contributed by atoms with Crippen molar-refractivity contribution in [1.29, 1.82) is 0 Å². The quantitative estimate of drug-likeness (QED) is 0.167. The molecule has 1 fully saturated rings. The molecule has 2 aliphatic carbocycles. The van der Waals surface area contributed by atoms with Crippen LogP contribution in [0.4, 0.5) is 0 Å². The minimum absolute atomic E-state index is 0.0487. The SMILES string of the molecule is CCC1=C(C)C2=NC1=CC1=C(C)C3=C(O)CC(=C4NC(=CC5=NC(=C2)C(C2C=CCC(C(=O)OC)C2C(=O)OC)=C5C)[C@@H](C)[C@@H]4CCC(=O)OC)C3=N1. The summed E-state index contributed by atoms with van der Waals surface area (Å²) in [4.78, 5) is 54.5. The average molecular weight is 719 g/mol. The summed E-state index contributed by atoms with van der Waals surface area (Å²) in [5.41, 5.74) is 12.5. The van der Waals surface area contributed by atoms with Gasteiger partial charge in [-0.05, 0) is 86.1 Å². The fourth-order valence-corrected chi connectivity index (χ4v) is 8.93. The predicted octanol–water partition coefficient (Wildman–Crippen LogP) is 6.77. The van der Waals surface area contributed by atoms with Crippen LogP contribution >= 0.6 is 0 Å². The maximum absolute atomic E-state index is 13.5. The number of carbonyl (C=O) groups excluding carboxylic acids is 3. The Morgan fingerprint density at radius 3 is 2.32 bits per heavy atom. The zero-order valence-corrected chi connectivity index (χ0v) is 31.5. The standard InChI is InChI=1S/C42H46N4O7/c1-9-23-19(2)28-18-33-36(25-11-10-12-26(41(49)52-7)38(25)42(50)53-8)21(4)30(44-33)16-29-20(3)24(13-14-35(48)51-6)39(45-29)27-15-34(47)37-22(5)31(46-40(27)37)17-32(23)43-28/h10-11,16-18,20,24-26,38,45,47H,9,12-15H2,1-8H3/t20-,24-,25?,26?,38?/m0/s1. The molecule has 276 valence electrons. The largest absolute Gasteiger partial charge is 0.511 e. The number of ether oxygens (including phenoxy) is 3. The van der Waals surface area contributed by atoms with Crippen molar-refractivity contribution in [2.75, 3.05) is 21.3 Å². The number of aliphatic hydroxyl groups is 1. The molecule has 0 spiro atoms. The summed E-state index contributed by atoms with van der Waals surface area (Å²) in [5.74, 6) is -3.18. The Kier molecular flexibility index (Phi) is 9.46. The van der Waals surface area contributed by atoms with Gasteiger partial charge in [-0.3, -0.25) is 14.4 Å². The normalized spacial score (nSPS) is 27.4. The highest BCUT2D eigenvalue weighted by atomic mass is 16.5. The van der Waals surface area contributed by atoms with Crippen molar-refractivity contribution >= 4 is 35.0 Å².